The Bertz CT molecular complexity index is 409. The lowest BCUT2D eigenvalue weighted by atomic mass is 9.89. The molecule has 0 saturated heterocycles. The maximum atomic E-state index is 6.29. The summed E-state index contributed by atoms with van der Waals surface area (Å²) in [4.78, 5) is 0. The highest BCUT2D eigenvalue weighted by Gasteiger charge is 2.17. The minimum atomic E-state index is -0.228. The molecule has 1 aromatic carbocycles. The molecule has 0 aliphatic heterocycles. The van der Waals surface area contributed by atoms with Crippen LogP contribution >= 0.6 is 12.4 Å². The topological polar surface area (TPSA) is 26.0 Å². The van der Waals surface area contributed by atoms with Crippen molar-refractivity contribution in [1.29, 1.82) is 0 Å². The average Bonchev–Trinajstić information content (AvgIpc) is 2.52. The minimum absolute atomic E-state index is 0. The average molecular weight is 354 g/mol. The number of rotatable bonds is 13. The predicted molar refractivity (Wildman–Crippen MR) is 111 cm³/mol. The van der Waals surface area contributed by atoms with Crippen molar-refractivity contribution < 1.29 is 0 Å². The fourth-order valence-corrected chi connectivity index (χ4v) is 3.35. The number of benzene rings is 1. The SMILES string of the molecule is CCCCCCCCCCCCCc1ccccc1C(C)(C)N.Cl. The van der Waals surface area contributed by atoms with Gasteiger partial charge >= 0.3 is 0 Å². The molecule has 2 N–H and O–H groups in total. The molecule has 0 fully saturated rings. The first-order valence-electron chi connectivity index (χ1n) is 9.93. The largest absolute Gasteiger partial charge is 0.322 e. The van der Waals surface area contributed by atoms with E-state index in [1.165, 1.54) is 88.2 Å². The standard InChI is InChI=1S/C22H39N.ClH/c1-4-5-6-7-8-9-10-11-12-13-14-17-20-18-15-16-19-21(20)22(2,3)23;/h15-16,18-19H,4-14,17,23H2,1-3H3;1H. The molecular weight excluding hydrogens is 314 g/mol. The Morgan fingerprint density at radius 1 is 0.750 bits per heavy atom. The number of nitrogens with two attached hydrogens (primary N) is 1. The van der Waals surface area contributed by atoms with Gasteiger partial charge < -0.3 is 5.73 Å². The second-order valence-electron chi connectivity index (χ2n) is 7.66. The number of hydrogen-bond donors (Lipinski definition) is 1. The Balaban J connectivity index is 0.00000529. The fraction of sp³-hybridized carbons (Fsp3) is 0.727. The molecule has 0 aliphatic rings. The van der Waals surface area contributed by atoms with Gasteiger partial charge in [0.2, 0.25) is 0 Å². The smallest absolute Gasteiger partial charge is 0.0355 e. The quantitative estimate of drug-likeness (QED) is 0.374. The van der Waals surface area contributed by atoms with Gasteiger partial charge in [0.15, 0.2) is 0 Å². The van der Waals surface area contributed by atoms with Gasteiger partial charge in [-0.25, -0.2) is 0 Å². The van der Waals surface area contributed by atoms with Gasteiger partial charge in [-0.2, -0.15) is 0 Å². The van der Waals surface area contributed by atoms with Crippen LogP contribution in [0.4, 0.5) is 0 Å². The summed E-state index contributed by atoms with van der Waals surface area (Å²) in [5, 5.41) is 0. The summed E-state index contributed by atoms with van der Waals surface area (Å²) in [5.41, 5.74) is 8.81. The van der Waals surface area contributed by atoms with Gasteiger partial charge in [-0.15, -0.1) is 12.4 Å². The summed E-state index contributed by atoms with van der Waals surface area (Å²) in [6.07, 6.45) is 16.6. The van der Waals surface area contributed by atoms with Crippen molar-refractivity contribution in [3.8, 4) is 0 Å². The van der Waals surface area contributed by atoms with Crippen molar-refractivity contribution in [3.63, 3.8) is 0 Å². The third-order valence-corrected chi connectivity index (χ3v) is 4.76. The second-order valence-corrected chi connectivity index (χ2v) is 7.66. The van der Waals surface area contributed by atoms with E-state index in [1.807, 2.05) is 0 Å². The number of unbranched alkanes of at least 4 members (excludes halogenated alkanes) is 10. The van der Waals surface area contributed by atoms with E-state index in [2.05, 4.69) is 45.0 Å². The van der Waals surface area contributed by atoms with Gasteiger partial charge in [-0.1, -0.05) is 95.4 Å². The first-order valence-corrected chi connectivity index (χ1v) is 9.93. The van der Waals surface area contributed by atoms with Crippen molar-refractivity contribution in [2.45, 2.75) is 103 Å². The van der Waals surface area contributed by atoms with Gasteiger partial charge in [0, 0.05) is 5.54 Å². The first-order chi connectivity index (χ1) is 11.1. The summed E-state index contributed by atoms with van der Waals surface area (Å²) in [5.74, 6) is 0. The third kappa shape index (κ3) is 10.4. The summed E-state index contributed by atoms with van der Waals surface area (Å²) < 4.78 is 0. The molecule has 1 rings (SSSR count). The first kappa shape index (κ1) is 23.5. The highest BCUT2D eigenvalue weighted by Crippen LogP contribution is 2.23. The van der Waals surface area contributed by atoms with Crippen LogP contribution in [0.5, 0.6) is 0 Å². The Hall–Kier alpha value is -0.530. The van der Waals surface area contributed by atoms with Gasteiger partial charge in [-0.3, -0.25) is 0 Å². The second kappa shape index (κ2) is 13.7. The van der Waals surface area contributed by atoms with E-state index in [0.29, 0.717) is 0 Å². The normalized spacial score (nSPS) is 11.3. The maximum Gasteiger partial charge on any atom is 0.0355 e. The van der Waals surface area contributed by atoms with E-state index < -0.39 is 0 Å². The van der Waals surface area contributed by atoms with Crippen LogP contribution in [0.25, 0.3) is 0 Å². The summed E-state index contributed by atoms with van der Waals surface area (Å²) in [7, 11) is 0. The molecule has 24 heavy (non-hydrogen) atoms. The molecule has 2 heteroatoms. The van der Waals surface area contributed by atoms with Gasteiger partial charge in [0.25, 0.3) is 0 Å². The zero-order valence-electron chi connectivity index (χ0n) is 16.3. The molecule has 140 valence electrons. The number of aryl methyl sites for hydroxylation is 1. The molecule has 1 nitrogen and oxygen atoms in total. The molecule has 0 atom stereocenters. The molecule has 0 bridgehead atoms. The molecule has 0 saturated carbocycles. The Morgan fingerprint density at radius 2 is 1.21 bits per heavy atom. The molecule has 0 heterocycles. The third-order valence-electron chi connectivity index (χ3n) is 4.76. The van der Waals surface area contributed by atoms with E-state index in [-0.39, 0.29) is 17.9 Å². The number of hydrogen-bond acceptors (Lipinski definition) is 1. The highest BCUT2D eigenvalue weighted by molar-refractivity contribution is 5.85. The predicted octanol–water partition coefficient (Wildman–Crippen LogP) is 7.16. The molecule has 1 aromatic rings. The van der Waals surface area contributed by atoms with Crippen molar-refractivity contribution >= 4 is 12.4 Å². The highest BCUT2D eigenvalue weighted by atomic mass is 35.5. The Morgan fingerprint density at radius 3 is 1.71 bits per heavy atom. The van der Waals surface area contributed by atoms with E-state index in [1.54, 1.807) is 0 Å². The van der Waals surface area contributed by atoms with Crippen molar-refractivity contribution in [3.05, 3.63) is 35.4 Å². The summed E-state index contributed by atoms with van der Waals surface area (Å²) in [6.45, 7) is 6.49. The van der Waals surface area contributed by atoms with Crippen LogP contribution in [0.2, 0.25) is 0 Å². The van der Waals surface area contributed by atoms with Crippen LogP contribution in [0.15, 0.2) is 24.3 Å². The zero-order valence-corrected chi connectivity index (χ0v) is 17.1. The van der Waals surface area contributed by atoms with Crippen molar-refractivity contribution in [1.82, 2.24) is 0 Å². The van der Waals surface area contributed by atoms with E-state index in [4.69, 9.17) is 5.73 Å². The fourth-order valence-electron chi connectivity index (χ4n) is 3.35. The van der Waals surface area contributed by atoms with Crippen LogP contribution in [0.3, 0.4) is 0 Å². The van der Waals surface area contributed by atoms with E-state index in [0.717, 1.165) is 0 Å². The molecular formula is C22H40ClN. The summed E-state index contributed by atoms with van der Waals surface area (Å²) >= 11 is 0. The monoisotopic (exact) mass is 353 g/mol. The molecule has 0 aromatic heterocycles. The van der Waals surface area contributed by atoms with Crippen LogP contribution in [0, 0.1) is 0 Å². The van der Waals surface area contributed by atoms with Crippen LogP contribution < -0.4 is 5.73 Å². The molecule has 0 spiro atoms. The van der Waals surface area contributed by atoms with Crippen molar-refractivity contribution in [2.75, 3.05) is 0 Å². The van der Waals surface area contributed by atoms with Crippen LogP contribution in [-0.2, 0) is 12.0 Å². The lowest BCUT2D eigenvalue weighted by molar-refractivity contribution is 0.537. The number of halogens is 1. The molecule has 0 unspecified atom stereocenters. The molecule has 0 aliphatic carbocycles. The zero-order chi connectivity index (χ0) is 17.0. The van der Waals surface area contributed by atoms with E-state index in [9.17, 15) is 0 Å². The lowest BCUT2D eigenvalue weighted by Crippen LogP contribution is -2.30. The summed E-state index contributed by atoms with van der Waals surface area (Å²) in [6, 6.07) is 8.69. The van der Waals surface area contributed by atoms with Crippen LogP contribution in [0.1, 0.15) is 103 Å². The van der Waals surface area contributed by atoms with Crippen molar-refractivity contribution in [2.24, 2.45) is 5.73 Å². The molecule has 0 amide bonds. The van der Waals surface area contributed by atoms with Gasteiger partial charge in [0.1, 0.15) is 0 Å². The Labute approximate surface area is 157 Å². The van der Waals surface area contributed by atoms with Gasteiger partial charge in [-0.05, 0) is 37.8 Å². The maximum absolute atomic E-state index is 6.29. The van der Waals surface area contributed by atoms with E-state index >= 15 is 0 Å². The Kier molecular flexibility index (Phi) is 13.4. The van der Waals surface area contributed by atoms with Crippen LogP contribution in [-0.4, -0.2) is 0 Å². The van der Waals surface area contributed by atoms with Gasteiger partial charge in [0.05, 0.1) is 0 Å². The minimum Gasteiger partial charge on any atom is -0.322 e. The molecule has 0 radical (unpaired) electrons. The lowest BCUT2D eigenvalue weighted by Gasteiger charge is -2.23.